The van der Waals surface area contributed by atoms with E-state index < -0.39 is 6.36 Å². The highest BCUT2D eigenvalue weighted by molar-refractivity contribution is 8.14. The summed E-state index contributed by atoms with van der Waals surface area (Å²) in [5, 5.41) is 8.22. The number of benzene rings is 3. The maximum atomic E-state index is 13.0. The highest BCUT2D eigenvalue weighted by Crippen LogP contribution is 2.33. The molecular formula is C34H37F3N6O2S. The van der Waals surface area contributed by atoms with E-state index in [0.717, 1.165) is 47.1 Å². The number of alkyl halides is 3. The number of nitrogens with one attached hydrogen (secondary N) is 1. The van der Waals surface area contributed by atoms with Gasteiger partial charge in [-0.1, -0.05) is 68.9 Å². The Balaban J connectivity index is 1.22. The average molecular weight is 651 g/mol. The van der Waals surface area contributed by atoms with Crippen LogP contribution in [-0.4, -0.2) is 51.2 Å². The number of urea groups is 1. The van der Waals surface area contributed by atoms with Gasteiger partial charge in [0.15, 0.2) is 11.0 Å². The minimum absolute atomic E-state index is 0.0839. The number of ether oxygens (including phenoxy) is 1. The summed E-state index contributed by atoms with van der Waals surface area (Å²) in [5.74, 6) is 1.52. The molecule has 3 aromatic carbocycles. The molecule has 0 aliphatic carbocycles. The van der Waals surface area contributed by atoms with Gasteiger partial charge < -0.3 is 15.0 Å². The number of amidine groups is 1. The van der Waals surface area contributed by atoms with Crippen molar-refractivity contribution in [2.45, 2.75) is 58.7 Å². The molecule has 1 fully saturated rings. The third kappa shape index (κ3) is 8.28. The Labute approximate surface area is 271 Å². The third-order valence-electron chi connectivity index (χ3n) is 7.74. The summed E-state index contributed by atoms with van der Waals surface area (Å²) in [7, 11) is 0. The minimum atomic E-state index is -4.75. The number of aryl methyl sites for hydroxylation is 1. The number of halogens is 3. The van der Waals surface area contributed by atoms with Crippen molar-refractivity contribution < 1.29 is 22.7 Å². The zero-order chi connectivity index (χ0) is 32.8. The lowest BCUT2D eigenvalue weighted by atomic mass is 9.95. The average Bonchev–Trinajstić information content (AvgIpc) is 3.52. The summed E-state index contributed by atoms with van der Waals surface area (Å²) >= 11 is 1.61. The summed E-state index contributed by atoms with van der Waals surface area (Å²) in [6.45, 7) is 9.78. The molecule has 1 N–H and O–H groups in total. The van der Waals surface area contributed by atoms with Crippen molar-refractivity contribution in [3.8, 4) is 22.8 Å². The summed E-state index contributed by atoms with van der Waals surface area (Å²) in [6, 6.07) is 19.4. The minimum Gasteiger partial charge on any atom is -0.406 e. The number of hydrogen-bond donors (Lipinski definition) is 1. The van der Waals surface area contributed by atoms with Crippen LogP contribution in [0.2, 0.25) is 0 Å². The summed E-state index contributed by atoms with van der Waals surface area (Å²) in [6.07, 6.45) is -1.41. The highest BCUT2D eigenvalue weighted by Gasteiger charge is 2.31. The first kappa shape index (κ1) is 33.1. The molecule has 2 heterocycles. The van der Waals surface area contributed by atoms with E-state index >= 15 is 0 Å². The summed E-state index contributed by atoms with van der Waals surface area (Å²) in [4.78, 5) is 24.1. The lowest BCUT2D eigenvalue weighted by Gasteiger charge is -2.32. The van der Waals surface area contributed by atoms with Gasteiger partial charge in [-0.15, -0.1) is 18.3 Å². The second kappa shape index (κ2) is 14.4. The maximum Gasteiger partial charge on any atom is 0.573 e. The van der Waals surface area contributed by atoms with Gasteiger partial charge >= 0.3 is 12.4 Å². The number of aliphatic imine (C=N–C) groups is 1. The van der Waals surface area contributed by atoms with E-state index in [1.54, 1.807) is 11.8 Å². The van der Waals surface area contributed by atoms with E-state index in [0.29, 0.717) is 24.0 Å². The van der Waals surface area contributed by atoms with Crippen molar-refractivity contribution in [1.29, 1.82) is 0 Å². The molecule has 5 rings (SSSR count). The van der Waals surface area contributed by atoms with Gasteiger partial charge in [0, 0.05) is 36.0 Å². The van der Waals surface area contributed by atoms with Crippen LogP contribution in [0.4, 0.5) is 23.7 Å². The molecule has 8 nitrogen and oxygen atoms in total. The molecule has 1 saturated heterocycles. The lowest BCUT2D eigenvalue weighted by Crippen LogP contribution is -2.37. The van der Waals surface area contributed by atoms with Crippen molar-refractivity contribution in [3.05, 3.63) is 89.7 Å². The summed E-state index contributed by atoms with van der Waals surface area (Å²) < 4.78 is 42.8. The fraction of sp³-hybridized carbons (Fsp3) is 0.353. The van der Waals surface area contributed by atoms with Crippen LogP contribution in [0, 0.1) is 6.92 Å². The second-order valence-electron chi connectivity index (χ2n) is 11.4. The van der Waals surface area contributed by atoms with E-state index in [-0.39, 0.29) is 17.7 Å². The molecule has 1 unspecified atom stereocenters. The number of aromatic nitrogens is 3. The molecule has 2 amide bonds. The van der Waals surface area contributed by atoms with Crippen LogP contribution < -0.4 is 15.0 Å². The van der Waals surface area contributed by atoms with Crippen LogP contribution in [0.5, 0.6) is 5.75 Å². The topological polar surface area (TPSA) is 84.6 Å². The number of nitrogens with zero attached hydrogens (tertiary/aromatic N) is 5. The Bertz CT molecular complexity index is 1670. The molecule has 0 spiro atoms. The van der Waals surface area contributed by atoms with Crippen LogP contribution >= 0.6 is 11.8 Å². The van der Waals surface area contributed by atoms with Crippen LogP contribution in [0.1, 0.15) is 62.1 Å². The predicted octanol–water partition coefficient (Wildman–Crippen LogP) is 8.47. The predicted molar refractivity (Wildman–Crippen MR) is 177 cm³/mol. The first-order valence-electron chi connectivity index (χ1n) is 15.3. The van der Waals surface area contributed by atoms with Crippen molar-refractivity contribution >= 4 is 28.6 Å². The van der Waals surface area contributed by atoms with Crippen molar-refractivity contribution in [2.24, 2.45) is 4.99 Å². The zero-order valence-corrected chi connectivity index (χ0v) is 27.0. The fourth-order valence-corrected chi connectivity index (χ4v) is 6.26. The number of rotatable bonds is 9. The monoisotopic (exact) mass is 650 g/mol. The van der Waals surface area contributed by atoms with E-state index in [2.05, 4.69) is 75.9 Å². The molecule has 0 radical (unpaired) electrons. The number of hydrogen-bond acceptors (Lipinski definition) is 5. The van der Waals surface area contributed by atoms with Crippen molar-refractivity contribution in [2.75, 3.05) is 23.7 Å². The first-order valence-corrected chi connectivity index (χ1v) is 16.2. The molecule has 1 atom stereocenters. The van der Waals surface area contributed by atoms with Gasteiger partial charge in [0.25, 0.3) is 0 Å². The van der Waals surface area contributed by atoms with Crippen molar-refractivity contribution in [1.82, 2.24) is 20.1 Å². The Morgan fingerprint density at radius 2 is 1.83 bits per heavy atom. The van der Waals surface area contributed by atoms with Crippen LogP contribution in [0.25, 0.3) is 17.1 Å². The molecule has 1 aromatic heterocycles. The van der Waals surface area contributed by atoms with Gasteiger partial charge in [0.2, 0.25) is 0 Å². The molecule has 0 bridgehead atoms. The number of carbonyl (C=O) groups is 1. The van der Waals surface area contributed by atoms with E-state index in [9.17, 15) is 18.0 Å². The normalized spacial score (nSPS) is 15.3. The lowest BCUT2D eigenvalue weighted by molar-refractivity contribution is -0.274. The van der Waals surface area contributed by atoms with E-state index in [1.807, 2.05) is 24.3 Å². The molecule has 1 aliphatic heterocycles. The van der Waals surface area contributed by atoms with Gasteiger partial charge in [0.1, 0.15) is 12.1 Å². The van der Waals surface area contributed by atoms with E-state index in [1.165, 1.54) is 46.4 Å². The second-order valence-corrected chi connectivity index (χ2v) is 12.5. The smallest absolute Gasteiger partial charge is 0.406 e. The molecule has 4 aromatic rings. The molecule has 0 saturated carbocycles. The molecule has 12 heteroatoms. The fourth-order valence-electron chi connectivity index (χ4n) is 5.31. The summed E-state index contributed by atoms with van der Waals surface area (Å²) in [5.41, 5.74) is 5.93. The number of carbonyl (C=O) groups excluding carboxylic acids is 1. The molecular weight excluding hydrogens is 613 g/mol. The standard InChI is InChI=1S/C34H37F3N6O2S/c1-5-24(20-38-32(44)40-33-42(17-6-18-46-33)30-19-23(4)7-16-29(30)22(2)3)25-8-10-26(11-9-25)31-39-21-43(41-31)27-12-14-28(15-13-27)45-34(35,36)37/h7-16,19,21-22,24H,5-6,17-18,20H2,1-4H3,(H,38,44). The largest absolute Gasteiger partial charge is 0.573 e. The SMILES string of the molecule is CCC(CNC(=O)N=C1SCCCN1c1cc(C)ccc1C(C)C)c1ccc(-c2ncn(-c3ccc(OC(F)(F)F)cc3)n2)cc1. The quantitative estimate of drug-likeness (QED) is 0.196. The van der Waals surface area contributed by atoms with Crippen LogP contribution in [0.3, 0.4) is 0 Å². The number of amides is 2. The molecule has 1 aliphatic rings. The van der Waals surface area contributed by atoms with Crippen LogP contribution in [0.15, 0.2) is 78.0 Å². The maximum absolute atomic E-state index is 13.0. The van der Waals surface area contributed by atoms with Gasteiger partial charge in [-0.25, -0.2) is 14.5 Å². The van der Waals surface area contributed by atoms with Gasteiger partial charge in [-0.3, -0.25) is 0 Å². The Kier molecular flexibility index (Phi) is 10.4. The van der Waals surface area contributed by atoms with Crippen LogP contribution in [-0.2, 0) is 0 Å². The number of thioether (sulfide) groups is 1. The van der Waals surface area contributed by atoms with Crippen molar-refractivity contribution in [3.63, 3.8) is 0 Å². The van der Waals surface area contributed by atoms with Gasteiger partial charge in [0.05, 0.1) is 5.69 Å². The Morgan fingerprint density at radius 3 is 2.50 bits per heavy atom. The molecule has 46 heavy (non-hydrogen) atoms. The highest BCUT2D eigenvalue weighted by atomic mass is 32.2. The Morgan fingerprint density at radius 1 is 1.09 bits per heavy atom. The number of anilines is 1. The zero-order valence-electron chi connectivity index (χ0n) is 26.2. The first-order chi connectivity index (χ1) is 22.0. The third-order valence-corrected chi connectivity index (χ3v) is 8.81. The van der Waals surface area contributed by atoms with E-state index in [4.69, 9.17) is 0 Å². The molecule has 242 valence electrons. The van der Waals surface area contributed by atoms with Gasteiger partial charge in [-0.05, 0) is 72.7 Å². The van der Waals surface area contributed by atoms with Gasteiger partial charge in [-0.2, -0.15) is 4.99 Å². The Hall–Kier alpha value is -4.32.